The molecule has 0 heterocycles. The van der Waals surface area contributed by atoms with Gasteiger partial charge in [0.05, 0.1) is 9.37 Å². The van der Waals surface area contributed by atoms with Crippen molar-refractivity contribution in [3.63, 3.8) is 0 Å². The summed E-state index contributed by atoms with van der Waals surface area (Å²) in [6.45, 7) is 0. The minimum atomic E-state index is -3.82. The minimum Gasteiger partial charge on any atom is -0.225 e. The molecule has 7 heteroatoms. The zero-order chi connectivity index (χ0) is 10.2. The predicted molar refractivity (Wildman–Crippen MR) is 53.2 cm³/mol. The average Bonchev–Trinajstić information content (AvgIpc) is 1.94. The van der Waals surface area contributed by atoms with E-state index < -0.39 is 15.8 Å². The number of primary sulfonamides is 1. The van der Waals surface area contributed by atoms with Crippen molar-refractivity contribution in [2.24, 2.45) is 5.14 Å². The molecule has 0 amide bonds. The maximum absolute atomic E-state index is 12.8. The Bertz CT molecular complexity index is 446. The molecule has 2 N–H and O–H groups in total. The van der Waals surface area contributed by atoms with Gasteiger partial charge in [-0.15, -0.1) is 0 Å². The van der Waals surface area contributed by atoms with E-state index in [1.54, 1.807) is 0 Å². The Balaban J connectivity index is 3.50. The zero-order valence-corrected chi connectivity index (χ0v) is 10.1. The fourth-order valence-electron chi connectivity index (χ4n) is 0.722. The normalized spacial score (nSPS) is 11.7. The van der Waals surface area contributed by atoms with Crippen LogP contribution >= 0.6 is 31.9 Å². The van der Waals surface area contributed by atoms with Crippen molar-refractivity contribution in [3.8, 4) is 0 Å². The maximum atomic E-state index is 12.8. The third-order valence-corrected chi connectivity index (χ3v) is 3.76. The van der Waals surface area contributed by atoms with Gasteiger partial charge in [-0.3, -0.25) is 0 Å². The van der Waals surface area contributed by atoms with Gasteiger partial charge in [0.1, 0.15) is 5.82 Å². The molecule has 1 rings (SSSR count). The topological polar surface area (TPSA) is 60.2 Å². The summed E-state index contributed by atoms with van der Waals surface area (Å²) in [5.41, 5.74) is 0. The van der Waals surface area contributed by atoms with Crippen molar-refractivity contribution < 1.29 is 12.8 Å². The zero-order valence-electron chi connectivity index (χ0n) is 6.09. The van der Waals surface area contributed by atoms with Crippen LogP contribution in [0.3, 0.4) is 0 Å². The van der Waals surface area contributed by atoms with E-state index in [1.807, 2.05) is 0 Å². The monoisotopic (exact) mass is 331 g/mol. The molecule has 0 unspecified atom stereocenters. The summed E-state index contributed by atoms with van der Waals surface area (Å²) in [4.78, 5) is -0.152. The van der Waals surface area contributed by atoms with Crippen molar-refractivity contribution in [3.05, 3.63) is 26.9 Å². The molecule has 0 saturated carbocycles. The lowest BCUT2D eigenvalue weighted by molar-refractivity contribution is 0.594. The van der Waals surface area contributed by atoms with E-state index in [2.05, 4.69) is 31.9 Å². The number of rotatable bonds is 1. The van der Waals surface area contributed by atoms with E-state index >= 15 is 0 Å². The van der Waals surface area contributed by atoms with Crippen molar-refractivity contribution in [2.45, 2.75) is 4.90 Å². The molecule has 1 aromatic carbocycles. The first-order valence-electron chi connectivity index (χ1n) is 2.99. The molecule has 0 bridgehead atoms. The van der Waals surface area contributed by atoms with E-state index in [4.69, 9.17) is 5.14 Å². The third kappa shape index (κ3) is 2.49. The lowest BCUT2D eigenvalue weighted by Gasteiger charge is -2.02. The molecular weight excluding hydrogens is 329 g/mol. The van der Waals surface area contributed by atoms with Crippen LogP contribution in [0.2, 0.25) is 0 Å². The second-order valence-electron chi connectivity index (χ2n) is 2.24. The highest BCUT2D eigenvalue weighted by Gasteiger charge is 2.15. The molecule has 0 aliphatic carbocycles. The molecule has 0 saturated heterocycles. The van der Waals surface area contributed by atoms with Gasteiger partial charge >= 0.3 is 0 Å². The largest absolute Gasteiger partial charge is 0.239 e. The van der Waals surface area contributed by atoms with E-state index in [1.165, 1.54) is 0 Å². The molecule has 0 aliphatic rings. The van der Waals surface area contributed by atoms with Gasteiger partial charge in [0.15, 0.2) is 0 Å². The first-order chi connectivity index (χ1) is 5.82. The van der Waals surface area contributed by atoms with Crippen molar-refractivity contribution >= 4 is 41.9 Å². The molecule has 13 heavy (non-hydrogen) atoms. The predicted octanol–water partition coefficient (Wildman–Crippen LogP) is 2.00. The number of halogens is 3. The number of benzene rings is 1. The number of nitrogens with two attached hydrogens (primary N) is 1. The highest BCUT2D eigenvalue weighted by Crippen LogP contribution is 2.27. The maximum Gasteiger partial charge on any atom is 0.239 e. The Hall–Kier alpha value is 0.0200. The molecule has 0 aliphatic heterocycles. The van der Waals surface area contributed by atoms with Gasteiger partial charge in [-0.25, -0.2) is 17.9 Å². The van der Waals surface area contributed by atoms with Crippen LogP contribution < -0.4 is 5.14 Å². The van der Waals surface area contributed by atoms with Gasteiger partial charge in [0, 0.05) is 4.47 Å². The van der Waals surface area contributed by atoms with E-state index in [9.17, 15) is 12.8 Å². The second-order valence-corrected chi connectivity index (χ2v) is 5.48. The Kier molecular flexibility index (Phi) is 3.11. The van der Waals surface area contributed by atoms with Gasteiger partial charge in [0.2, 0.25) is 10.0 Å². The number of sulfonamides is 1. The third-order valence-electron chi connectivity index (χ3n) is 1.28. The molecule has 0 fully saturated rings. The van der Waals surface area contributed by atoms with Gasteiger partial charge in [-0.1, -0.05) is 0 Å². The molecule has 0 aromatic heterocycles. The Morgan fingerprint density at radius 1 is 1.23 bits per heavy atom. The van der Waals surface area contributed by atoms with Gasteiger partial charge < -0.3 is 0 Å². The van der Waals surface area contributed by atoms with Crippen LogP contribution in [0.4, 0.5) is 4.39 Å². The minimum absolute atomic E-state index is 0.0553. The summed E-state index contributed by atoms with van der Waals surface area (Å²) in [7, 11) is -3.82. The van der Waals surface area contributed by atoms with E-state index in [-0.39, 0.29) is 13.8 Å². The fourth-order valence-corrected chi connectivity index (χ4v) is 2.82. The number of hydrogen-bond acceptors (Lipinski definition) is 2. The Morgan fingerprint density at radius 3 is 2.23 bits per heavy atom. The summed E-state index contributed by atoms with van der Waals surface area (Å²) < 4.78 is 34.8. The van der Waals surface area contributed by atoms with Crippen molar-refractivity contribution in [1.29, 1.82) is 0 Å². The quantitative estimate of drug-likeness (QED) is 0.799. The smallest absolute Gasteiger partial charge is 0.225 e. The lowest BCUT2D eigenvalue weighted by atomic mass is 10.3. The lowest BCUT2D eigenvalue weighted by Crippen LogP contribution is -2.13. The van der Waals surface area contributed by atoms with Crippen molar-refractivity contribution in [1.82, 2.24) is 0 Å². The SMILES string of the molecule is NS(=O)(=O)c1cc(Br)c(F)cc1Br. The molecule has 0 radical (unpaired) electrons. The summed E-state index contributed by atoms with van der Waals surface area (Å²) in [6, 6.07) is 2.14. The van der Waals surface area contributed by atoms with Crippen LogP contribution in [0, 0.1) is 5.82 Å². The van der Waals surface area contributed by atoms with E-state index in [0.717, 1.165) is 12.1 Å². The van der Waals surface area contributed by atoms with Gasteiger partial charge in [-0.2, -0.15) is 0 Å². The van der Waals surface area contributed by atoms with Gasteiger partial charge in [-0.05, 0) is 44.0 Å². The molecule has 3 nitrogen and oxygen atoms in total. The van der Waals surface area contributed by atoms with Crippen LogP contribution in [-0.2, 0) is 10.0 Å². The molecular formula is C6H4Br2FNO2S. The van der Waals surface area contributed by atoms with Crippen LogP contribution in [0.1, 0.15) is 0 Å². The summed E-state index contributed by atoms with van der Waals surface area (Å²) in [6.07, 6.45) is 0. The molecule has 72 valence electrons. The summed E-state index contributed by atoms with van der Waals surface area (Å²) in [5.74, 6) is -0.556. The molecule has 1 aromatic rings. The number of hydrogen-bond donors (Lipinski definition) is 1. The summed E-state index contributed by atoms with van der Waals surface area (Å²) in [5, 5.41) is 4.88. The van der Waals surface area contributed by atoms with Crippen LogP contribution in [0.5, 0.6) is 0 Å². The average molecular weight is 333 g/mol. The Morgan fingerprint density at radius 2 is 1.77 bits per heavy atom. The van der Waals surface area contributed by atoms with Gasteiger partial charge in [0.25, 0.3) is 0 Å². The molecule has 0 atom stereocenters. The Labute approximate surface area is 91.4 Å². The summed E-state index contributed by atoms with van der Waals surface area (Å²) >= 11 is 5.75. The second kappa shape index (κ2) is 3.64. The first-order valence-corrected chi connectivity index (χ1v) is 6.13. The highest BCUT2D eigenvalue weighted by molar-refractivity contribution is 9.11. The standard InChI is InChI=1S/C6H4Br2FNO2S/c7-3-2-6(13(10,11)12)4(8)1-5(3)9/h1-2H,(H2,10,11,12). The van der Waals surface area contributed by atoms with E-state index in [0.29, 0.717) is 0 Å². The van der Waals surface area contributed by atoms with Crippen LogP contribution in [0.15, 0.2) is 26.0 Å². The first kappa shape index (κ1) is 11.1. The van der Waals surface area contributed by atoms with Crippen LogP contribution in [0.25, 0.3) is 0 Å². The molecule has 0 spiro atoms. The van der Waals surface area contributed by atoms with Crippen molar-refractivity contribution in [2.75, 3.05) is 0 Å². The highest BCUT2D eigenvalue weighted by atomic mass is 79.9. The van der Waals surface area contributed by atoms with Crippen LogP contribution in [-0.4, -0.2) is 8.42 Å². The fraction of sp³-hybridized carbons (Fsp3) is 0.